The first kappa shape index (κ1) is 19.6. The highest BCUT2D eigenvalue weighted by Gasteiger charge is 2.58. The normalized spacial score (nSPS) is 11.0. The molecule has 144 valence electrons. The second-order valence-electron chi connectivity index (χ2n) is 5.76. The summed E-state index contributed by atoms with van der Waals surface area (Å²) in [6.07, 6.45) is 0. The summed E-state index contributed by atoms with van der Waals surface area (Å²) in [6, 6.07) is 21.1. The molecule has 4 nitrogen and oxygen atoms in total. The molecule has 0 saturated heterocycles. The summed E-state index contributed by atoms with van der Waals surface area (Å²) in [5, 5.41) is -2.66. The van der Waals surface area contributed by atoms with E-state index in [9.17, 15) is 4.79 Å². The summed E-state index contributed by atoms with van der Waals surface area (Å²) in [5.74, 6) is -3.29. The van der Waals surface area contributed by atoms with Crippen LogP contribution in [0.1, 0.15) is 0 Å². The number of carbonyl (C=O) groups excluding carboxylic acids is 1. The van der Waals surface area contributed by atoms with Crippen molar-refractivity contribution in [3.05, 3.63) is 91.0 Å². The van der Waals surface area contributed by atoms with Gasteiger partial charge in [0.15, 0.2) is 0 Å². The van der Waals surface area contributed by atoms with Crippen molar-refractivity contribution in [3.8, 4) is 0 Å². The van der Waals surface area contributed by atoms with Crippen LogP contribution in [-0.4, -0.2) is 11.0 Å². The van der Waals surface area contributed by atoms with E-state index in [1.54, 1.807) is 18.2 Å². The van der Waals surface area contributed by atoms with Crippen LogP contribution >= 0.6 is 11.6 Å². The van der Waals surface area contributed by atoms with Gasteiger partial charge in [0.1, 0.15) is 0 Å². The molecule has 0 aliphatic carbocycles. The first-order valence-corrected chi connectivity index (χ1v) is 8.60. The summed E-state index contributed by atoms with van der Waals surface area (Å²) in [7, 11) is 0. The van der Waals surface area contributed by atoms with E-state index in [0.29, 0.717) is 0 Å². The van der Waals surface area contributed by atoms with Crippen LogP contribution in [0.4, 0.5) is 30.5 Å². The first-order valence-electron chi connectivity index (χ1n) is 8.22. The van der Waals surface area contributed by atoms with E-state index in [-0.39, 0.29) is 32.4 Å². The molecule has 0 bridgehead atoms. The minimum Gasteiger partial charge on any atom is -0.274 e. The summed E-state index contributed by atoms with van der Waals surface area (Å²) in [4.78, 5) is 12.4. The van der Waals surface area contributed by atoms with Crippen molar-refractivity contribution in [2.45, 2.75) is 5.79 Å². The van der Waals surface area contributed by atoms with E-state index in [1.165, 1.54) is 72.8 Å². The lowest BCUT2D eigenvalue weighted by Crippen LogP contribution is -2.68. The van der Waals surface area contributed by atoms with E-state index < -0.39 is 11.0 Å². The molecule has 0 aliphatic heterocycles. The number of para-hydroxylation sites is 3. The third-order valence-electron chi connectivity index (χ3n) is 4.03. The molecule has 8 heteroatoms. The highest BCUT2D eigenvalue weighted by molar-refractivity contribution is 6.66. The van der Waals surface area contributed by atoms with Crippen LogP contribution in [0.25, 0.3) is 0 Å². The van der Waals surface area contributed by atoms with Gasteiger partial charge in [0.25, 0.3) is 5.24 Å². The molecule has 0 N–H and O–H groups in total. The highest BCUT2D eigenvalue weighted by atomic mass is 35.5. The van der Waals surface area contributed by atoms with Crippen LogP contribution in [0.15, 0.2) is 91.0 Å². The zero-order valence-corrected chi connectivity index (χ0v) is 15.2. The van der Waals surface area contributed by atoms with Crippen molar-refractivity contribution < 1.29 is 18.2 Å². The average Bonchev–Trinajstić information content (AvgIpc) is 2.75. The van der Waals surface area contributed by atoms with Gasteiger partial charge in [-0.15, -0.1) is 0 Å². The van der Waals surface area contributed by atoms with Crippen LogP contribution < -0.4 is 15.4 Å². The molecule has 3 rings (SSSR count). The zero-order chi connectivity index (χ0) is 20.1. The molecular weight excluding hydrogens is 391 g/mol. The number of benzene rings is 3. The lowest BCUT2D eigenvalue weighted by atomic mass is 10.2. The number of anilines is 3. The maximum Gasteiger partial charge on any atom is 0.349 e. The fourth-order valence-corrected chi connectivity index (χ4v) is 2.90. The fourth-order valence-electron chi connectivity index (χ4n) is 2.68. The van der Waals surface area contributed by atoms with Crippen LogP contribution in [0.3, 0.4) is 0 Å². The SMILES string of the molecule is O=C(Cl)C(N(F)c1ccccc1)(N(F)c1ccccc1)N(F)c1ccccc1. The van der Waals surface area contributed by atoms with Crippen molar-refractivity contribution in [2.75, 3.05) is 15.4 Å². The van der Waals surface area contributed by atoms with Gasteiger partial charge in [-0.05, 0) is 48.0 Å². The molecule has 0 amide bonds. The van der Waals surface area contributed by atoms with Gasteiger partial charge in [0, 0.05) is 0 Å². The topological polar surface area (TPSA) is 26.8 Å². The second-order valence-corrected chi connectivity index (χ2v) is 6.10. The molecule has 0 unspecified atom stereocenters. The molecule has 0 radical (unpaired) electrons. The van der Waals surface area contributed by atoms with Crippen molar-refractivity contribution in [1.82, 2.24) is 0 Å². The zero-order valence-electron chi connectivity index (χ0n) is 14.4. The van der Waals surface area contributed by atoms with Crippen molar-refractivity contribution >= 4 is 33.9 Å². The Morgan fingerprint density at radius 3 is 1.07 bits per heavy atom. The molecular formula is C20H15ClF3N3O. The van der Waals surface area contributed by atoms with Gasteiger partial charge in [-0.3, -0.25) is 4.79 Å². The van der Waals surface area contributed by atoms with Gasteiger partial charge < -0.3 is 0 Å². The quantitative estimate of drug-likeness (QED) is 0.291. The van der Waals surface area contributed by atoms with Crippen molar-refractivity contribution in [2.24, 2.45) is 0 Å². The Hall–Kier alpha value is -3.19. The lowest BCUT2D eigenvalue weighted by Gasteiger charge is -2.43. The predicted molar refractivity (Wildman–Crippen MR) is 104 cm³/mol. The van der Waals surface area contributed by atoms with Crippen molar-refractivity contribution in [1.29, 1.82) is 0 Å². The largest absolute Gasteiger partial charge is 0.349 e. The number of hydrogen-bond acceptors (Lipinski definition) is 4. The summed E-state index contributed by atoms with van der Waals surface area (Å²) in [6.45, 7) is 0. The van der Waals surface area contributed by atoms with Gasteiger partial charge in [-0.2, -0.15) is 15.4 Å². The van der Waals surface area contributed by atoms with Crippen LogP contribution in [0.2, 0.25) is 0 Å². The summed E-state index contributed by atoms with van der Waals surface area (Å²) in [5.41, 5.74) is -0.809. The number of halogens is 4. The minimum absolute atomic E-state index is 0.270. The summed E-state index contributed by atoms with van der Waals surface area (Å²) >= 11 is 5.65. The molecule has 3 aromatic carbocycles. The Balaban J connectivity index is 2.22. The maximum atomic E-state index is 15.5. The van der Waals surface area contributed by atoms with E-state index >= 15 is 13.4 Å². The molecule has 0 saturated carbocycles. The lowest BCUT2D eigenvalue weighted by molar-refractivity contribution is -0.120. The van der Waals surface area contributed by atoms with Crippen LogP contribution in [0, 0.1) is 0 Å². The number of hydrogen-bond donors (Lipinski definition) is 0. The van der Waals surface area contributed by atoms with Gasteiger partial charge in [0.05, 0.1) is 17.1 Å². The summed E-state index contributed by atoms with van der Waals surface area (Å²) < 4.78 is 46.6. The molecule has 28 heavy (non-hydrogen) atoms. The van der Waals surface area contributed by atoms with E-state index in [2.05, 4.69) is 0 Å². The van der Waals surface area contributed by atoms with Gasteiger partial charge in [-0.25, -0.2) is 0 Å². The van der Waals surface area contributed by atoms with E-state index in [4.69, 9.17) is 11.6 Å². The van der Waals surface area contributed by atoms with E-state index in [0.717, 1.165) is 0 Å². The highest BCUT2D eigenvalue weighted by Crippen LogP contribution is 2.39. The van der Waals surface area contributed by atoms with Crippen LogP contribution in [0.5, 0.6) is 0 Å². The molecule has 0 fully saturated rings. The minimum atomic E-state index is -3.29. The smallest absolute Gasteiger partial charge is 0.274 e. The Labute approximate surface area is 164 Å². The molecule has 0 atom stereocenters. The van der Waals surface area contributed by atoms with Gasteiger partial charge in [-0.1, -0.05) is 68.0 Å². The van der Waals surface area contributed by atoms with Gasteiger partial charge >= 0.3 is 5.79 Å². The monoisotopic (exact) mass is 405 g/mol. The first-order chi connectivity index (χ1) is 13.5. The Morgan fingerprint density at radius 1 is 0.607 bits per heavy atom. The number of rotatable bonds is 7. The second kappa shape index (κ2) is 8.22. The Bertz CT molecular complexity index is 805. The number of carbonyl (C=O) groups is 1. The third-order valence-corrected chi connectivity index (χ3v) is 4.29. The molecule has 0 heterocycles. The van der Waals surface area contributed by atoms with E-state index in [1.807, 2.05) is 0 Å². The molecule has 0 aromatic heterocycles. The molecule has 3 aromatic rings. The number of nitrogens with zero attached hydrogens (tertiary/aromatic N) is 3. The fraction of sp³-hybridized carbons (Fsp3) is 0.0500. The van der Waals surface area contributed by atoms with Gasteiger partial charge in [0.2, 0.25) is 0 Å². The third kappa shape index (κ3) is 3.36. The Kier molecular flexibility index (Phi) is 5.75. The predicted octanol–water partition coefficient (Wildman–Crippen LogP) is 5.58. The Morgan fingerprint density at radius 2 is 0.857 bits per heavy atom. The maximum absolute atomic E-state index is 15.5. The van der Waals surface area contributed by atoms with Crippen LogP contribution in [-0.2, 0) is 4.79 Å². The molecule has 0 aliphatic rings. The standard InChI is InChI=1S/C20H15ClF3N3O/c21-19(28)20(25(22)16-10-4-1-5-11-16,26(23)17-12-6-2-7-13-17)27(24)18-14-8-3-9-15-18/h1-15H. The van der Waals surface area contributed by atoms with Crippen molar-refractivity contribution in [3.63, 3.8) is 0 Å². The average molecular weight is 406 g/mol. The molecule has 0 spiro atoms.